The van der Waals surface area contributed by atoms with Crippen LogP contribution in [0.3, 0.4) is 0 Å². The summed E-state index contributed by atoms with van der Waals surface area (Å²) in [5, 5.41) is 9.59. The second-order valence-corrected chi connectivity index (χ2v) is 5.55. The van der Waals surface area contributed by atoms with Gasteiger partial charge in [0.15, 0.2) is 0 Å². The molecule has 1 aliphatic heterocycles. The molecule has 0 aromatic heterocycles. The van der Waals surface area contributed by atoms with Crippen LogP contribution in [0.5, 0.6) is 5.75 Å². The first-order valence-corrected chi connectivity index (χ1v) is 6.81. The third kappa shape index (κ3) is 3.19. The molecule has 0 spiro atoms. The van der Waals surface area contributed by atoms with Crippen molar-refractivity contribution >= 4 is 17.5 Å². The second-order valence-electron chi connectivity index (χ2n) is 5.14. The summed E-state index contributed by atoms with van der Waals surface area (Å²) in [4.78, 5) is 16.4. The number of carbonyl (C=O) groups excluding carboxylic acids is 1. The third-order valence-electron chi connectivity index (χ3n) is 3.66. The van der Waals surface area contributed by atoms with Crippen LogP contribution in [0.2, 0.25) is 5.02 Å². The molecule has 1 aromatic carbocycles. The molecule has 1 aliphatic rings. The van der Waals surface area contributed by atoms with E-state index < -0.39 is 0 Å². The Morgan fingerprint density at radius 2 is 2.26 bits per heavy atom. The van der Waals surface area contributed by atoms with Crippen molar-refractivity contribution in [2.24, 2.45) is 0 Å². The van der Waals surface area contributed by atoms with E-state index >= 15 is 0 Å². The van der Waals surface area contributed by atoms with Gasteiger partial charge in [-0.25, -0.2) is 0 Å². The van der Waals surface area contributed by atoms with Gasteiger partial charge in [0.1, 0.15) is 5.75 Å². The van der Waals surface area contributed by atoms with Crippen LogP contribution in [0, 0.1) is 0 Å². The summed E-state index contributed by atoms with van der Waals surface area (Å²) in [6.07, 6.45) is 2.13. The molecule has 2 rings (SSSR count). The van der Waals surface area contributed by atoms with E-state index in [9.17, 15) is 9.90 Å². The zero-order chi connectivity index (χ0) is 14.0. The summed E-state index contributed by atoms with van der Waals surface area (Å²) in [6.45, 7) is 1.98. The van der Waals surface area contributed by atoms with E-state index in [1.807, 2.05) is 7.05 Å². The number of phenolic OH excluding ortho intramolecular Hbond substituents is 1. The fraction of sp³-hybridized carbons (Fsp3) is 0.500. The van der Waals surface area contributed by atoms with Crippen LogP contribution in [0.15, 0.2) is 18.2 Å². The minimum absolute atomic E-state index is 0.00160. The number of likely N-dealkylation sites (tertiary alicyclic amines) is 1. The van der Waals surface area contributed by atoms with Crippen molar-refractivity contribution < 1.29 is 9.90 Å². The topological polar surface area (TPSA) is 43.8 Å². The van der Waals surface area contributed by atoms with Gasteiger partial charge in [-0.1, -0.05) is 11.6 Å². The summed E-state index contributed by atoms with van der Waals surface area (Å²) >= 11 is 5.84. The van der Waals surface area contributed by atoms with Gasteiger partial charge in [0.2, 0.25) is 0 Å². The fourth-order valence-electron chi connectivity index (χ4n) is 2.46. The highest BCUT2D eigenvalue weighted by atomic mass is 35.5. The molecule has 19 heavy (non-hydrogen) atoms. The molecule has 1 amide bonds. The Morgan fingerprint density at radius 1 is 1.53 bits per heavy atom. The van der Waals surface area contributed by atoms with Gasteiger partial charge >= 0.3 is 0 Å². The lowest BCUT2D eigenvalue weighted by Crippen LogP contribution is -2.47. The van der Waals surface area contributed by atoms with Crippen molar-refractivity contribution in [3.05, 3.63) is 28.8 Å². The maximum Gasteiger partial charge on any atom is 0.253 e. The van der Waals surface area contributed by atoms with Gasteiger partial charge in [0.05, 0.1) is 5.02 Å². The van der Waals surface area contributed by atoms with Gasteiger partial charge < -0.3 is 14.9 Å². The van der Waals surface area contributed by atoms with Gasteiger partial charge in [-0.3, -0.25) is 4.79 Å². The first-order valence-electron chi connectivity index (χ1n) is 6.43. The standard InChI is InChI=1S/C14H19ClN2O2/c1-16-7-3-4-11(9-16)17(2)14(19)10-5-6-13(18)12(15)8-10/h5-6,8,11,18H,3-4,7,9H2,1-2H3. The normalized spacial score (nSPS) is 20.3. The van der Waals surface area contributed by atoms with Gasteiger partial charge in [0, 0.05) is 25.2 Å². The number of phenols is 1. The molecule has 1 fully saturated rings. The van der Waals surface area contributed by atoms with Crippen molar-refractivity contribution in [3.63, 3.8) is 0 Å². The molecule has 5 heteroatoms. The lowest BCUT2D eigenvalue weighted by Gasteiger charge is -2.35. The van der Waals surface area contributed by atoms with Crippen LogP contribution < -0.4 is 0 Å². The number of rotatable bonds is 2. The van der Waals surface area contributed by atoms with Crippen molar-refractivity contribution in [1.29, 1.82) is 0 Å². The highest BCUT2D eigenvalue weighted by Gasteiger charge is 2.25. The van der Waals surface area contributed by atoms with Crippen LogP contribution in [-0.4, -0.2) is 54.0 Å². The number of hydrogen-bond acceptors (Lipinski definition) is 3. The number of piperidine rings is 1. The largest absolute Gasteiger partial charge is 0.506 e. The van der Waals surface area contributed by atoms with E-state index in [-0.39, 0.29) is 22.7 Å². The lowest BCUT2D eigenvalue weighted by molar-refractivity contribution is 0.0644. The molecule has 0 bridgehead atoms. The molecule has 1 N–H and O–H groups in total. The van der Waals surface area contributed by atoms with Crippen LogP contribution in [-0.2, 0) is 0 Å². The van der Waals surface area contributed by atoms with Crippen LogP contribution in [0.4, 0.5) is 0 Å². The minimum Gasteiger partial charge on any atom is -0.506 e. The highest BCUT2D eigenvalue weighted by Crippen LogP contribution is 2.25. The van der Waals surface area contributed by atoms with Gasteiger partial charge in [0.25, 0.3) is 5.91 Å². The Labute approximate surface area is 118 Å². The van der Waals surface area contributed by atoms with E-state index in [0.29, 0.717) is 5.56 Å². The van der Waals surface area contributed by atoms with Crippen molar-refractivity contribution in [3.8, 4) is 5.75 Å². The molecule has 4 nitrogen and oxygen atoms in total. The summed E-state index contributed by atoms with van der Waals surface area (Å²) in [6, 6.07) is 4.81. The number of aromatic hydroxyl groups is 1. The summed E-state index contributed by atoms with van der Waals surface area (Å²) < 4.78 is 0. The van der Waals surface area contributed by atoms with E-state index in [0.717, 1.165) is 25.9 Å². The van der Waals surface area contributed by atoms with Crippen LogP contribution in [0.25, 0.3) is 0 Å². The number of benzene rings is 1. The minimum atomic E-state index is -0.0535. The molecule has 1 saturated heterocycles. The summed E-state index contributed by atoms with van der Waals surface area (Å²) in [5.74, 6) is -0.0551. The lowest BCUT2D eigenvalue weighted by atomic mass is 10.0. The highest BCUT2D eigenvalue weighted by molar-refractivity contribution is 6.32. The maximum absolute atomic E-state index is 12.4. The first kappa shape index (κ1) is 14.2. The number of carbonyl (C=O) groups is 1. The number of halogens is 1. The van der Waals surface area contributed by atoms with E-state index in [2.05, 4.69) is 11.9 Å². The quantitative estimate of drug-likeness (QED) is 0.904. The first-order chi connectivity index (χ1) is 8.99. The van der Waals surface area contributed by atoms with Crippen LogP contribution in [0.1, 0.15) is 23.2 Å². The van der Waals surface area contributed by atoms with E-state index in [4.69, 9.17) is 11.6 Å². The monoisotopic (exact) mass is 282 g/mol. The van der Waals surface area contributed by atoms with Crippen LogP contribution >= 0.6 is 11.6 Å². The Kier molecular flexibility index (Phi) is 4.32. The predicted octanol–water partition coefficient (Wildman–Crippen LogP) is 2.21. The summed E-state index contributed by atoms with van der Waals surface area (Å²) in [5.41, 5.74) is 0.513. The molecule has 1 heterocycles. The average molecular weight is 283 g/mol. The van der Waals surface area contributed by atoms with Gasteiger partial charge in [-0.2, -0.15) is 0 Å². The Bertz CT molecular complexity index is 479. The Hall–Kier alpha value is -1.26. The molecular formula is C14H19ClN2O2. The van der Waals surface area contributed by atoms with E-state index in [1.54, 1.807) is 11.0 Å². The molecule has 1 unspecified atom stereocenters. The zero-order valence-corrected chi connectivity index (χ0v) is 12.0. The number of amides is 1. The fourth-order valence-corrected chi connectivity index (χ4v) is 2.65. The molecule has 0 aliphatic carbocycles. The SMILES string of the molecule is CN1CCCC(N(C)C(=O)c2ccc(O)c(Cl)c2)C1. The Morgan fingerprint density at radius 3 is 2.89 bits per heavy atom. The predicted molar refractivity (Wildman–Crippen MR) is 75.7 cm³/mol. The van der Waals surface area contributed by atoms with Crippen molar-refractivity contribution in [2.45, 2.75) is 18.9 Å². The molecular weight excluding hydrogens is 264 g/mol. The van der Waals surface area contributed by atoms with Gasteiger partial charge in [-0.15, -0.1) is 0 Å². The average Bonchev–Trinajstić information content (AvgIpc) is 2.40. The summed E-state index contributed by atoms with van der Waals surface area (Å²) in [7, 11) is 3.90. The van der Waals surface area contributed by atoms with Crippen molar-refractivity contribution in [1.82, 2.24) is 9.80 Å². The van der Waals surface area contributed by atoms with Crippen molar-refractivity contribution in [2.75, 3.05) is 27.2 Å². The van der Waals surface area contributed by atoms with Gasteiger partial charge in [-0.05, 0) is 44.6 Å². The molecule has 0 saturated carbocycles. The number of likely N-dealkylation sites (N-methyl/N-ethyl adjacent to an activating group) is 2. The molecule has 1 aromatic rings. The Balaban J connectivity index is 2.11. The molecule has 104 valence electrons. The number of hydrogen-bond donors (Lipinski definition) is 1. The second kappa shape index (κ2) is 5.80. The maximum atomic E-state index is 12.4. The number of nitrogens with zero attached hydrogens (tertiary/aromatic N) is 2. The third-order valence-corrected chi connectivity index (χ3v) is 3.97. The van der Waals surface area contributed by atoms with E-state index in [1.165, 1.54) is 12.1 Å². The molecule has 0 radical (unpaired) electrons. The molecule has 1 atom stereocenters. The smallest absolute Gasteiger partial charge is 0.253 e. The zero-order valence-electron chi connectivity index (χ0n) is 11.3.